The molecule has 0 aromatic rings. The van der Waals surface area contributed by atoms with Gasteiger partial charge in [0.15, 0.2) is 5.66 Å². The van der Waals surface area contributed by atoms with Gasteiger partial charge in [-0.1, -0.05) is 0 Å². The van der Waals surface area contributed by atoms with E-state index in [1.165, 1.54) is 12.2 Å². The summed E-state index contributed by atoms with van der Waals surface area (Å²) < 4.78 is 0. The summed E-state index contributed by atoms with van der Waals surface area (Å²) in [6, 6.07) is 0. The molecule has 11 heavy (non-hydrogen) atoms. The maximum atomic E-state index is 9.96. The third kappa shape index (κ3) is 1.61. The first-order valence-electron chi connectivity index (χ1n) is 3.51. The van der Waals surface area contributed by atoms with E-state index in [-0.39, 0.29) is 0 Å². The second kappa shape index (κ2) is 3.24. The van der Waals surface area contributed by atoms with Crippen LogP contribution in [0.15, 0.2) is 9.98 Å². The summed E-state index contributed by atoms with van der Waals surface area (Å²) in [5.74, 6) is 0. The van der Waals surface area contributed by atoms with E-state index in [0.29, 0.717) is 12.8 Å². The number of hydrogen-bond acceptors (Lipinski definition) is 4. The minimum atomic E-state index is -0.802. The Hall–Kier alpha value is -1.24. The van der Waals surface area contributed by atoms with Crippen molar-refractivity contribution in [2.24, 2.45) is 9.98 Å². The SMILES string of the molecule is O=C=NC1(N=C=O)CCCC1. The van der Waals surface area contributed by atoms with Crippen molar-refractivity contribution in [3.63, 3.8) is 0 Å². The predicted octanol–water partition coefficient (Wildman–Crippen LogP) is 0.928. The maximum absolute atomic E-state index is 9.96. The molecule has 58 valence electrons. The van der Waals surface area contributed by atoms with Crippen LogP contribution in [-0.4, -0.2) is 17.8 Å². The van der Waals surface area contributed by atoms with E-state index in [1.807, 2.05) is 0 Å². The molecular weight excluding hydrogens is 144 g/mol. The van der Waals surface area contributed by atoms with E-state index >= 15 is 0 Å². The van der Waals surface area contributed by atoms with Crippen molar-refractivity contribution in [2.45, 2.75) is 31.3 Å². The number of isocyanates is 2. The standard InChI is InChI=1S/C7H8N2O2/c10-5-8-7(9-6-11)3-1-2-4-7/h1-4H2. The van der Waals surface area contributed by atoms with E-state index in [1.54, 1.807) is 0 Å². The number of carbonyl (C=O) groups excluding carboxylic acids is 2. The summed E-state index contributed by atoms with van der Waals surface area (Å²) in [5.41, 5.74) is -0.802. The largest absolute Gasteiger partial charge is 0.237 e. The molecule has 0 amide bonds. The molecule has 1 rings (SSSR count). The van der Waals surface area contributed by atoms with Crippen LogP contribution in [0.4, 0.5) is 0 Å². The highest BCUT2D eigenvalue weighted by Gasteiger charge is 2.33. The minimum Gasteiger partial charge on any atom is -0.211 e. The molecule has 0 atom stereocenters. The first kappa shape index (κ1) is 7.86. The Labute approximate surface area is 64.0 Å². The lowest BCUT2D eigenvalue weighted by atomic mass is 10.1. The van der Waals surface area contributed by atoms with E-state index in [0.717, 1.165) is 12.8 Å². The van der Waals surface area contributed by atoms with Gasteiger partial charge in [0.2, 0.25) is 12.2 Å². The molecule has 0 spiro atoms. The van der Waals surface area contributed by atoms with E-state index in [9.17, 15) is 9.59 Å². The Bertz CT molecular complexity index is 211. The van der Waals surface area contributed by atoms with Gasteiger partial charge in [0.05, 0.1) is 0 Å². The average Bonchev–Trinajstić information content (AvgIpc) is 2.39. The van der Waals surface area contributed by atoms with Gasteiger partial charge >= 0.3 is 0 Å². The number of hydrogen-bond donors (Lipinski definition) is 0. The fourth-order valence-electron chi connectivity index (χ4n) is 1.36. The third-order valence-corrected chi connectivity index (χ3v) is 1.91. The normalized spacial score (nSPS) is 20.0. The first-order valence-corrected chi connectivity index (χ1v) is 3.51. The van der Waals surface area contributed by atoms with Crippen molar-refractivity contribution in [2.75, 3.05) is 0 Å². The Morgan fingerprint density at radius 3 is 1.82 bits per heavy atom. The van der Waals surface area contributed by atoms with E-state index < -0.39 is 5.66 Å². The molecule has 1 saturated carbocycles. The zero-order chi connectivity index (χ0) is 8.16. The number of aliphatic imine (C=N–C) groups is 2. The van der Waals surface area contributed by atoms with Crippen LogP contribution < -0.4 is 0 Å². The summed E-state index contributed by atoms with van der Waals surface area (Å²) in [6.45, 7) is 0. The summed E-state index contributed by atoms with van der Waals surface area (Å²) in [7, 11) is 0. The van der Waals surface area contributed by atoms with Crippen molar-refractivity contribution in [1.29, 1.82) is 0 Å². The van der Waals surface area contributed by atoms with Gasteiger partial charge < -0.3 is 0 Å². The van der Waals surface area contributed by atoms with Gasteiger partial charge in [0, 0.05) is 0 Å². The van der Waals surface area contributed by atoms with Crippen LogP contribution >= 0.6 is 0 Å². The molecule has 4 nitrogen and oxygen atoms in total. The summed E-state index contributed by atoms with van der Waals surface area (Å²) in [4.78, 5) is 26.9. The Morgan fingerprint density at radius 1 is 1.00 bits per heavy atom. The quantitative estimate of drug-likeness (QED) is 0.436. The Balaban J connectivity index is 2.86. The fourth-order valence-corrected chi connectivity index (χ4v) is 1.36. The van der Waals surface area contributed by atoms with Crippen molar-refractivity contribution < 1.29 is 9.59 Å². The molecule has 0 aliphatic heterocycles. The minimum absolute atomic E-state index is 0.664. The van der Waals surface area contributed by atoms with Crippen LogP contribution in [-0.2, 0) is 9.59 Å². The smallest absolute Gasteiger partial charge is 0.211 e. The van der Waals surface area contributed by atoms with E-state index in [4.69, 9.17) is 0 Å². The molecule has 0 unspecified atom stereocenters. The molecule has 0 aromatic carbocycles. The van der Waals surface area contributed by atoms with Gasteiger partial charge in [0.25, 0.3) is 0 Å². The molecule has 0 N–H and O–H groups in total. The second-order valence-electron chi connectivity index (χ2n) is 2.60. The molecule has 0 bridgehead atoms. The molecule has 0 aromatic heterocycles. The molecule has 1 aliphatic carbocycles. The molecule has 4 heteroatoms. The topological polar surface area (TPSA) is 58.9 Å². The lowest BCUT2D eigenvalue weighted by Crippen LogP contribution is -2.17. The molecule has 0 saturated heterocycles. The van der Waals surface area contributed by atoms with Crippen LogP contribution in [0.5, 0.6) is 0 Å². The molecule has 1 fully saturated rings. The van der Waals surface area contributed by atoms with Crippen LogP contribution in [0.2, 0.25) is 0 Å². The van der Waals surface area contributed by atoms with Gasteiger partial charge in [-0.3, -0.25) is 0 Å². The summed E-state index contributed by atoms with van der Waals surface area (Å²) >= 11 is 0. The van der Waals surface area contributed by atoms with Crippen molar-refractivity contribution in [1.82, 2.24) is 0 Å². The molecule has 1 aliphatic rings. The summed E-state index contributed by atoms with van der Waals surface area (Å²) in [6.07, 6.45) is 6.11. The maximum Gasteiger partial charge on any atom is 0.237 e. The van der Waals surface area contributed by atoms with Crippen LogP contribution in [0, 0.1) is 0 Å². The van der Waals surface area contributed by atoms with Crippen LogP contribution in [0.3, 0.4) is 0 Å². The van der Waals surface area contributed by atoms with Gasteiger partial charge in [-0.15, -0.1) is 0 Å². The predicted molar refractivity (Wildman–Crippen MR) is 37.4 cm³/mol. The van der Waals surface area contributed by atoms with Gasteiger partial charge in [-0.05, 0) is 25.7 Å². The summed E-state index contributed by atoms with van der Waals surface area (Å²) in [5, 5.41) is 0. The van der Waals surface area contributed by atoms with Crippen LogP contribution in [0.1, 0.15) is 25.7 Å². The van der Waals surface area contributed by atoms with Crippen LogP contribution in [0.25, 0.3) is 0 Å². The lowest BCUT2D eigenvalue weighted by Gasteiger charge is -2.12. The van der Waals surface area contributed by atoms with E-state index in [2.05, 4.69) is 9.98 Å². The first-order chi connectivity index (χ1) is 5.33. The van der Waals surface area contributed by atoms with Crippen molar-refractivity contribution in [3.05, 3.63) is 0 Å². The third-order valence-electron chi connectivity index (χ3n) is 1.91. The molecular formula is C7H8N2O2. The molecule has 0 heterocycles. The average molecular weight is 152 g/mol. The monoisotopic (exact) mass is 152 g/mol. The van der Waals surface area contributed by atoms with Gasteiger partial charge in [0.1, 0.15) is 0 Å². The van der Waals surface area contributed by atoms with Crippen molar-refractivity contribution >= 4 is 12.2 Å². The number of rotatable bonds is 2. The Morgan fingerprint density at radius 2 is 1.45 bits per heavy atom. The lowest BCUT2D eigenvalue weighted by molar-refractivity contribution is 0.450. The molecule has 0 radical (unpaired) electrons. The fraction of sp³-hybridized carbons (Fsp3) is 0.714. The zero-order valence-corrected chi connectivity index (χ0v) is 6.04. The van der Waals surface area contributed by atoms with Gasteiger partial charge in [-0.25, -0.2) is 9.59 Å². The second-order valence-corrected chi connectivity index (χ2v) is 2.60. The van der Waals surface area contributed by atoms with Gasteiger partial charge in [-0.2, -0.15) is 9.98 Å². The highest BCUT2D eigenvalue weighted by molar-refractivity contribution is 5.39. The highest BCUT2D eigenvalue weighted by Crippen LogP contribution is 2.33. The highest BCUT2D eigenvalue weighted by atomic mass is 16.1. The Kier molecular flexibility index (Phi) is 2.32. The zero-order valence-electron chi connectivity index (χ0n) is 6.04. The van der Waals surface area contributed by atoms with Crippen molar-refractivity contribution in [3.8, 4) is 0 Å². The number of nitrogens with zero attached hydrogens (tertiary/aromatic N) is 2.